The van der Waals surface area contributed by atoms with Crippen LogP contribution < -0.4 is 20.6 Å². The van der Waals surface area contributed by atoms with Crippen LogP contribution in [0.25, 0.3) is 99.0 Å². The molecule has 2 aliphatic heterocycles. The summed E-state index contributed by atoms with van der Waals surface area (Å²) in [5, 5.41) is 6.26. The molecule has 0 spiro atoms. The second-order valence-corrected chi connectivity index (χ2v) is 23.7. The highest BCUT2D eigenvalue weighted by molar-refractivity contribution is 7.33. The quantitative estimate of drug-likeness (QED) is 0.161. The van der Waals surface area contributed by atoms with E-state index in [-0.39, 0.29) is 17.5 Å². The number of hydrogen-bond acceptors (Lipinski definition) is 4. The van der Waals surface area contributed by atoms with Gasteiger partial charge in [0, 0.05) is 81.4 Å². The standard InChI is InChI=1S/C68H52BN5S/c1-67(2,3)44-29-32-47(33-30-44)73-57-37-43(66-70-53(41-19-10-7-11-20-41)40-54(71-66)42-21-12-8-13-22-42)38-58-61(57)69(65-64(73)51-39-45(68(4,5)6)31-36-59(51)75-65)52-27-18-26-50-60-56(74(58)62(50)52)35-34-49-48-25-16-17-28-55(48)72(63(49)60)46-23-14-9-15-24-46/h7-40H,1-6H3. The molecule has 75 heavy (non-hydrogen) atoms. The van der Waals surface area contributed by atoms with Crippen LogP contribution in [0.2, 0.25) is 0 Å². The van der Waals surface area contributed by atoms with Crippen LogP contribution in [-0.2, 0) is 10.8 Å². The molecule has 13 aromatic rings. The molecule has 4 aromatic heterocycles. The first kappa shape index (κ1) is 44.0. The molecule has 0 fully saturated rings. The number of rotatable bonds is 5. The van der Waals surface area contributed by atoms with Crippen LogP contribution in [0, 0.1) is 0 Å². The van der Waals surface area contributed by atoms with Crippen LogP contribution in [0.4, 0.5) is 17.1 Å². The molecular formula is C68H52BN5S. The molecule has 0 amide bonds. The topological polar surface area (TPSA) is 38.9 Å². The average molecular weight is 982 g/mol. The highest BCUT2D eigenvalue weighted by atomic mass is 32.1. The first-order valence-electron chi connectivity index (χ1n) is 26.2. The molecule has 0 atom stereocenters. The number of hydrogen-bond donors (Lipinski definition) is 0. The van der Waals surface area contributed by atoms with Gasteiger partial charge in [0.1, 0.15) is 0 Å². The van der Waals surface area contributed by atoms with Crippen molar-refractivity contribution in [2.75, 3.05) is 4.90 Å². The van der Waals surface area contributed by atoms with Gasteiger partial charge in [-0.3, -0.25) is 0 Å². The van der Waals surface area contributed by atoms with Gasteiger partial charge in [0.25, 0.3) is 6.71 Å². The zero-order valence-corrected chi connectivity index (χ0v) is 43.7. The summed E-state index contributed by atoms with van der Waals surface area (Å²) in [6.07, 6.45) is 0. The largest absolute Gasteiger partial charge is 0.310 e. The molecule has 15 rings (SSSR count). The normalized spacial score (nSPS) is 13.1. The maximum absolute atomic E-state index is 5.53. The highest BCUT2D eigenvalue weighted by Crippen LogP contribution is 2.49. The lowest BCUT2D eigenvalue weighted by atomic mass is 9.36. The molecule has 2 aliphatic rings. The van der Waals surface area contributed by atoms with E-state index < -0.39 is 0 Å². The van der Waals surface area contributed by atoms with E-state index in [1.807, 2.05) is 11.3 Å². The summed E-state index contributed by atoms with van der Waals surface area (Å²) in [4.78, 5) is 13.7. The van der Waals surface area contributed by atoms with Crippen LogP contribution in [0.15, 0.2) is 206 Å². The van der Waals surface area contributed by atoms with Crippen molar-refractivity contribution in [1.29, 1.82) is 0 Å². The van der Waals surface area contributed by atoms with E-state index in [1.54, 1.807) is 0 Å². The Morgan fingerprint density at radius 2 is 1.07 bits per heavy atom. The van der Waals surface area contributed by atoms with Crippen LogP contribution in [0.3, 0.4) is 0 Å². The van der Waals surface area contributed by atoms with Crippen LogP contribution in [0.1, 0.15) is 52.7 Å². The monoisotopic (exact) mass is 981 g/mol. The number of benzene rings is 9. The van der Waals surface area contributed by atoms with Crippen molar-refractivity contribution in [3.63, 3.8) is 0 Å². The fraction of sp³-hybridized carbons (Fsp3) is 0.118. The number of para-hydroxylation sites is 3. The van der Waals surface area contributed by atoms with E-state index in [9.17, 15) is 0 Å². The second kappa shape index (κ2) is 16.0. The van der Waals surface area contributed by atoms with E-state index in [0.717, 1.165) is 50.8 Å². The zero-order valence-electron chi connectivity index (χ0n) is 42.9. The van der Waals surface area contributed by atoms with Crippen LogP contribution in [-0.4, -0.2) is 25.8 Å². The summed E-state index contributed by atoms with van der Waals surface area (Å²) in [6, 6.07) is 76.2. The summed E-state index contributed by atoms with van der Waals surface area (Å²) in [5.74, 6) is 0.683. The van der Waals surface area contributed by atoms with E-state index in [4.69, 9.17) is 9.97 Å². The van der Waals surface area contributed by atoms with Gasteiger partial charge in [0.2, 0.25) is 0 Å². The predicted molar refractivity (Wildman–Crippen MR) is 319 cm³/mol. The Morgan fingerprint density at radius 1 is 0.440 bits per heavy atom. The van der Waals surface area contributed by atoms with Crippen molar-refractivity contribution in [2.24, 2.45) is 0 Å². The zero-order chi connectivity index (χ0) is 50.5. The Hall–Kier alpha value is -8.52. The minimum absolute atomic E-state index is 0.00772. The molecule has 0 saturated carbocycles. The van der Waals surface area contributed by atoms with Gasteiger partial charge in [-0.1, -0.05) is 181 Å². The van der Waals surface area contributed by atoms with Gasteiger partial charge in [-0.25, -0.2) is 9.97 Å². The van der Waals surface area contributed by atoms with Gasteiger partial charge in [-0.2, -0.15) is 0 Å². The average Bonchev–Trinajstić information content (AvgIpc) is 4.32. The van der Waals surface area contributed by atoms with Crippen molar-refractivity contribution >= 4 is 105 Å². The smallest absolute Gasteiger partial charge is 0.264 e. The van der Waals surface area contributed by atoms with Gasteiger partial charge >= 0.3 is 0 Å². The molecule has 0 aliphatic carbocycles. The third-order valence-corrected chi connectivity index (χ3v) is 17.2. The van der Waals surface area contributed by atoms with Crippen molar-refractivity contribution in [3.8, 4) is 45.3 Å². The Labute approximate surface area is 441 Å². The van der Waals surface area contributed by atoms with Gasteiger partial charge in [-0.15, -0.1) is 11.3 Å². The number of fused-ring (bicyclic) bond motifs is 13. The third kappa shape index (κ3) is 6.57. The Kier molecular flexibility index (Phi) is 9.39. The fourth-order valence-corrected chi connectivity index (χ4v) is 13.7. The van der Waals surface area contributed by atoms with Crippen molar-refractivity contribution in [1.82, 2.24) is 19.1 Å². The number of nitrogens with zero attached hydrogens (tertiary/aromatic N) is 5. The number of aromatic nitrogens is 4. The highest BCUT2D eigenvalue weighted by Gasteiger charge is 2.45. The molecular weight excluding hydrogens is 930 g/mol. The fourth-order valence-electron chi connectivity index (χ4n) is 12.4. The third-order valence-electron chi connectivity index (χ3n) is 16.0. The molecule has 0 unspecified atom stereocenters. The van der Waals surface area contributed by atoms with E-state index in [2.05, 4.69) is 262 Å². The molecule has 0 radical (unpaired) electrons. The predicted octanol–water partition coefficient (Wildman–Crippen LogP) is 16.1. The van der Waals surface area contributed by atoms with Crippen LogP contribution in [0.5, 0.6) is 0 Å². The maximum Gasteiger partial charge on any atom is 0.264 e. The summed E-state index contributed by atoms with van der Waals surface area (Å²) in [6.45, 7) is 13.8. The minimum atomic E-state index is -0.0490. The summed E-state index contributed by atoms with van der Waals surface area (Å²) in [5.41, 5.74) is 20.7. The van der Waals surface area contributed by atoms with Crippen molar-refractivity contribution in [3.05, 3.63) is 217 Å². The molecule has 7 heteroatoms. The summed E-state index contributed by atoms with van der Waals surface area (Å²) < 4.78 is 7.74. The maximum atomic E-state index is 5.53. The molecule has 358 valence electrons. The summed E-state index contributed by atoms with van der Waals surface area (Å²) in [7, 11) is 0. The van der Waals surface area contributed by atoms with E-state index in [1.165, 1.54) is 86.2 Å². The van der Waals surface area contributed by atoms with E-state index in [0.29, 0.717) is 5.82 Å². The molecule has 0 N–H and O–H groups in total. The van der Waals surface area contributed by atoms with Gasteiger partial charge in [0.05, 0.1) is 33.6 Å². The first-order valence-corrected chi connectivity index (χ1v) is 27.0. The molecule has 6 heterocycles. The molecule has 9 aromatic carbocycles. The summed E-state index contributed by atoms with van der Waals surface area (Å²) >= 11 is 1.95. The number of anilines is 3. The van der Waals surface area contributed by atoms with Gasteiger partial charge in [-0.05, 0) is 99.6 Å². The van der Waals surface area contributed by atoms with Crippen LogP contribution >= 0.6 is 11.3 Å². The lowest BCUT2D eigenvalue weighted by Gasteiger charge is -2.39. The lowest BCUT2D eigenvalue weighted by molar-refractivity contribution is 0.590. The molecule has 0 bridgehead atoms. The van der Waals surface area contributed by atoms with E-state index >= 15 is 0 Å². The second-order valence-electron chi connectivity index (χ2n) is 22.6. The van der Waals surface area contributed by atoms with Gasteiger partial charge in [0.15, 0.2) is 5.82 Å². The molecule has 5 nitrogen and oxygen atoms in total. The van der Waals surface area contributed by atoms with Crippen molar-refractivity contribution in [2.45, 2.75) is 52.4 Å². The first-order chi connectivity index (χ1) is 36.5. The van der Waals surface area contributed by atoms with Crippen molar-refractivity contribution < 1.29 is 0 Å². The number of thiophene rings is 1. The lowest BCUT2D eigenvalue weighted by Crippen LogP contribution is -2.59. The molecule has 0 saturated heterocycles. The van der Waals surface area contributed by atoms with Gasteiger partial charge < -0.3 is 14.0 Å². The Bertz CT molecular complexity index is 4420. The minimum Gasteiger partial charge on any atom is -0.310 e. The Balaban J connectivity index is 1.11. The SMILES string of the molecule is CC(C)(C)c1ccc(N2c3cc(-c4nc(-c5ccccc5)cc(-c5ccccc5)n4)cc4c3B(c3sc5ccc(C(C)(C)C)cc5c32)c2cccc3c5c(ccc6c7ccccc7n(-c7ccccc7)c65)n-4c23)cc1. The Morgan fingerprint density at radius 3 is 1.76 bits per heavy atom.